The predicted molar refractivity (Wildman–Crippen MR) is 137 cm³/mol. The summed E-state index contributed by atoms with van der Waals surface area (Å²) in [5.74, 6) is -4.59. The van der Waals surface area contributed by atoms with Gasteiger partial charge in [0.05, 0.1) is 34.5 Å². The van der Waals surface area contributed by atoms with Gasteiger partial charge in [-0.05, 0) is 42.5 Å². The van der Waals surface area contributed by atoms with Crippen molar-refractivity contribution in [1.29, 1.82) is 0 Å². The van der Waals surface area contributed by atoms with E-state index in [1.807, 2.05) is 0 Å². The van der Waals surface area contributed by atoms with Crippen molar-refractivity contribution in [3.05, 3.63) is 92.3 Å². The highest BCUT2D eigenvalue weighted by atomic mass is 35.5. The molecule has 3 amide bonds. The molecule has 0 bridgehead atoms. The number of ether oxygens (including phenoxy) is 1. The highest BCUT2D eigenvalue weighted by Crippen LogP contribution is 2.33. The molecule has 3 aromatic carbocycles. The first-order valence-corrected chi connectivity index (χ1v) is 11.7. The average molecular weight is 578 g/mol. The normalized spacial score (nSPS) is 13.1. The molecular formula is C25H14Cl3FN3O6-. The quantitative estimate of drug-likeness (QED) is 0.403. The van der Waals surface area contributed by atoms with Gasteiger partial charge in [-0.1, -0.05) is 40.9 Å². The number of hydrogen-bond acceptors (Lipinski definition) is 7. The number of hydrogen-bond donors (Lipinski definition) is 2. The maximum absolute atomic E-state index is 13.5. The van der Waals surface area contributed by atoms with Gasteiger partial charge in [-0.25, -0.2) is 9.29 Å². The van der Waals surface area contributed by atoms with Gasteiger partial charge in [-0.3, -0.25) is 14.4 Å². The van der Waals surface area contributed by atoms with Crippen LogP contribution in [-0.4, -0.2) is 30.8 Å². The van der Waals surface area contributed by atoms with E-state index in [0.29, 0.717) is 0 Å². The second-order valence-corrected chi connectivity index (χ2v) is 8.91. The maximum Gasteiger partial charge on any atom is 0.283 e. The fourth-order valence-electron chi connectivity index (χ4n) is 3.52. The molecule has 9 nitrogen and oxygen atoms in total. The summed E-state index contributed by atoms with van der Waals surface area (Å²) in [6, 6.07) is 11.5. The first kappa shape index (κ1) is 26.9. The molecule has 3 aromatic rings. The van der Waals surface area contributed by atoms with E-state index in [1.54, 1.807) is 0 Å². The summed E-state index contributed by atoms with van der Waals surface area (Å²) in [6.07, 6.45) is 0. The first-order valence-electron chi connectivity index (χ1n) is 10.5. The molecule has 2 N–H and O–H groups in total. The van der Waals surface area contributed by atoms with E-state index >= 15 is 0 Å². The average Bonchev–Trinajstić information content (AvgIpc) is 3.09. The molecule has 0 fully saturated rings. The zero-order chi connectivity index (χ0) is 27.7. The third-order valence-corrected chi connectivity index (χ3v) is 6.29. The van der Waals surface area contributed by atoms with Crippen LogP contribution in [0.25, 0.3) is 0 Å². The van der Waals surface area contributed by atoms with E-state index in [-0.39, 0.29) is 49.7 Å². The van der Waals surface area contributed by atoms with E-state index < -0.39 is 34.5 Å². The van der Waals surface area contributed by atoms with Gasteiger partial charge in [0.15, 0.2) is 0 Å². The summed E-state index contributed by atoms with van der Waals surface area (Å²) in [5, 5.41) is 15.7. The number of carboxylic acids is 1. The fraction of sp³-hybridized carbons (Fsp3) is 0.0400. The minimum atomic E-state index is -1.51. The topological polar surface area (TPSA) is 128 Å². The molecule has 0 saturated heterocycles. The standard InChI is InChI=1S/C25H15Cl3FN3O6/c1-38-19-10-18(16(27)9-14(19)25(36)37)31-22(33)11-3-2-4-12(7-11)30-21-20(28)23(34)32(24(21)35)13-5-6-17(29)15(26)8-13/h2-10,30H,1H3,(H,31,33)(H,36,37)/p-1. The lowest BCUT2D eigenvalue weighted by Gasteiger charge is -2.16. The van der Waals surface area contributed by atoms with E-state index in [1.165, 1.54) is 43.5 Å². The number of benzene rings is 3. The summed E-state index contributed by atoms with van der Waals surface area (Å²) in [7, 11) is 1.25. The number of nitrogens with one attached hydrogen (secondary N) is 2. The van der Waals surface area contributed by atoms with Crippen LogP contribution in [0.5, 0.6) is 5.75 Å². The molecule has 0 radical (unpaired) electrons. The van der Waals surface area contributed by atoms with Crippen LogP contribution in [0, 0.1) is 5.82 Å². The predicted octanol–water partition coefficient (Wildman–Crippen LogP) is 4.19. The zero-order valence-electron chi connectivity index (χ0n) is 19.1. The number of amides is 3. The molecule has 194 valence electrons. The van der Waals surface area contributed by atoms with Gasteiger partial charge in [0, 0.05) is 22.9 Å². The Morgan fingerprint density at radius 2 is 1.71 bits per heavy atom. The highest BCUT2D eigenvalue weighted by molar-refractivity contribution is 6.53. The van der Waals surface area contributed by atoms with Crippen molar-refractivity contribution < 1.29 is 33.4 Å². The summed E-state index contributed by atoms with van der Waals surface area (Å²) in [5.41, 5.74) is -0.106. The zero-order valence-corrected chi connectivity index (χ0v) is 21.4. The van der Waals surface area contributed by atoms with E-state index in [0.717, 1.165) is 23.1 Å². The highest BCUT2D eigenvalue weighted by Gasteiger charge is 2.39. The Labute approximate surface area is 229 Å². The van der Waals surface area contributed by atoms with Crippen molar-refractivity contribution >= 4 is 75.6 Å². The number of carbonyl (C=O) groups excluding carboxylic acids is 4. The van der Waals surface area contributed by atoms with Gasteiger partial charge >= 0.3 is 0 Å². The van der Waals surface area contributed by atoms with Gasteiger partial charge in [-0.2, -0.15) is 0 Å². The van der Waals surface area contributed by atoms with Crippen LogP contribution in [0.15, 0.2) is 65.3 Å². The van der Waals surface area contributed by atoms with Crippen LogP contribution < -0.4 is 25.4 Å². The molecule has 1 aliphatic heterocycles. The Morgan fingerprint density at radius 3 is 2.37 bits per heavy atom. The van der Waals surface area contributed by atoms with Gasteiger partial charge in [0.2, 0.25) is 0 Å². The molecule has 38 heavy (non-hydrogen) atoms. The molecule has 13 heteroatoms. The smallest absolute Gasteiger partial charge is 0.283 e. The molecule has 4 rings (SSSR count). The lowest BCUT2D eigenvalue weighted by molar-refractivity contribution is -0.255. The van der Waals surface area contributed by atoms with Crippen LogP contribution >= 0.6 is 34.8 Å². The van der Waals surface area contributed by atoms with Gasteiger partial charge in [0.1, 0.15) is 22.3 Å². The lowest BCUT2D eigenvalue weighted by atomic mass is 10.1. The van der Waals surface area contributed by atoms with Crippen LogP contribution in [-0.2, 0) is 9.59 Å². The molecule has 0 saturated carbocycles. The number of nitrogens with zero attached hydrogens (tertiary/aromatic N) is 1. The summed E-state index contributed by atoms with van der Waals surface area (Å²) in [6.45, 7) is 0. The Morgan fingerprint density at radius 1 is 0.974 bits per heavy atom. The first-order chi connectivity index (χ1) is 18.0. The molecule has 0 atom stereocenters. The number of methoxy groups -OCH3 is 1. The van der Waals surface area contributed by atoms with Gasteiger partial charge in [0.25, 0.3) is 17.7 Å². The van der Waals surface area contributed by atoms with Gasteiger partial charge < -0.3 is 25.3 Å². The van der Waals surface area contributed by atoms with Crippen molar-refractivity contribution in [2.45, 2.75) is 0 Å². The van der Waals surface area contributed by atoms with E-state index in [2.05, 4.69) is 10.6 Å². The van der Waals surface area contributed by atoms with Gasteiger partial charge in [-0.15, -0.1) is 0 Å². The summed E-state index contributed by atoms with van der Waals surface area (Å²) >= 11 is 18.0. The molecule has 1 heterocycles. The van der Waals surface area contributed by atoms with E-state index in [9.17, 15) is 28.7 Å². The second-order valence-electron chi connectivity index (χ2n) is 7.71. The number of carboxylic acid groups (broad SMARTS) is 1. The van der Waals surface area contributed by atoms with Crippen LogP contribution in [0.4, 0.5) is 21.5 Å². The molecule has 1 aliphatic rings. The Balaban J connectivity index is 1.56. The monoisotopic (exact) mass is 576 g/mol. The van der Waals surface area contributed by atoms with Crippen LogP contribution in [0.2, 0.25) is 10.0 Å². The number of imide groups is 1. The number of carbonyl (C=O) groups is 4. The summed E-state index contributed by atoms with van der Waals surface area (Å²) in [4.78, 5) is 50.5. The molecular weight excluding hydrogens is 564 g/mol. The van der Waals surface area contributed by atoms with Crippen LogP contribution in [0.3, 0.4) is 0 Å². The molecule has 0 spiro atoms. The Kier molecular flexibility index (Phi) is 7.58. The maximum atomic E-state index is 13.5. The molecule has 0 unspecified atom stereocenters. The molecule has 0 aliphatic carbocycles. The Hall–Kier alpha value is -4.12. The van der Waals surface area contributed by atoms with Crippen molar-refractivity contribution in [3.63, 3.8) is 0 Å². The number of rotatable bonds is 7. The third kappa shape index (κ3) is 5.14. The van der Waals surface area contributed by atoms with Crippen molar-refractivity contribution in [3.8, 4) is 5.75 Å². The van der Waals surface area contributed by atoms with Crippen LogP contribution in [0.1, 0.15) is 20.7 Å². The van der Waals surface area contributed by atoms with Crippen molar-refractivity contribution in [2.75, 3.05) is 22.6 Å². The Bertz CT molecular complexity index is 1560. The largest absolute Gasteiger partial charge is 0.545 e. The second kappa shape index (κ2) is 10.7. The number of halogens is 4. The minimum absolute atomic E-state index is 0.0199. The summed E-state index contributed by atoms with van der Waals surface area (Å²) < 4.78 is 18.5. The lowest BCUT2D eigenvalue weighted by Crippen LogP contribution is -2.32. The van der Waals surface area contributed by atoms with E-state index in [4.69, 9.17) is 39.5 Å². The minimum Gasteiger partial charge on any atom is -0.545 e. The molecule has 0 aromatic heterocycles. The number of aromatic carboxylic acids is 1. The van der Waals surface area contributed by atoms with Crippen molar-refractivity contribution in [2.24, 2.45) is 0 Å². The number of anilines is 3. The fourth-order valence-corrected chi connectivity index (χ4v) is 4.12. The third-order valence-electron chi connectivity index (χ3n) is 5.34. The van der Waals surface area contributed by atoms with Crippen molar-refractivity contribution in [1.82, 2.24) is 0 Å². The SMILES string of the molecule is COc1cc(NC(=O)c2cccc(NC3=C(Cl)C(=O)N(c4ccc(F)c(Cl)c4)C3=O)c2)c(Cl)cc1C(=O)[O-].